The van der Waals surface area contributed by atoms with Crippen molar-refractivity contribution >= 4 is 17.4 Å². The van der Waals surface area contributed by atoms with Crippen LogP contribution in [0.2, 0.25) is 0 Å². The number of benzene rings is 1. The number of aryl methyl sites for hydroxylation is 1. The van der Waals surface area contributed by atoms with Crippen molar-refractivity contribution in [1.82, 2.24) is 9.97 Å². The number of anilines is 1. The van der Waals surface area contributed by atoms with Gasteiger partial charge < -0.3 is 4.90 Å². The molecule has 0 saturated heterocycles. The Morgan fingerprint density at radius 3 is 2.64 bits per heavy atom. The molecule has 4 rings (SSSR count). The first-order valence-electron chi connectivity index (χ1n) is 9.33. The Hall–Kier alpha value is -1.55. The quantitative estimate of drug-likeness (QED) is 0.695. The van der Waals surface area contributed by atoms with Crippen LogP contribution in [0.25, 0.3) is 11.1 Å². The van der Waals surface area contributed by atoms with E-state index in [0.717, 1.165) is 29.7 Å². The fourth-order valence-electron chi connectivity index (χ4n) is 3.67. The van der Waals surface area contributed by atoms with Gasteiger partial charge in [-0.3, -0.25) is 0 Å². The van der Waals surface area contributed by atoms with Crippen LogP contribution in [-0.4, -0.2) is 34.1 Å². The predicted octanol–water partition coefficient (Wildman–Crippen LogP) is 4.84. The molecule has 2 aromatic rings. The van der Waals surface area contributed by atoms with Gasteiger partial charge in [-0.1, -0.05) is 26.0 Å². The monoisotopic (exact) mass is 353 g/mol. The lowest BCUT2D eigenvalue weighted by Gasteiger charge is -2.22. The Balaban J connectivity index is 1.54. The predicted molar refractivity (Wildman–Crippen MR) is 108 cm³/mol. The first-order chi connectivity index (χ1) is 12.0. The number of hydrogen-bond acceptors (Lipinski definition) is 4. The van der Waals surface area contributed by atoms with Crippen LogP contribution in [0.15, 0.2) is 30.6 Å². The van der Waals surface area contributed by atoms with E-state index < -0.39 is 0 Å². The van der Waals surface area contributed by atoms with Crippen molar-refractivity contribution in [1.29, 1.82) is 0 Å². The van der Waals surface area contributed by atoms with E-state index in [2.05, 4.69) is 58.7 Å². The topological polar surface area (TPSA) is 29.0 Å². The Bertz CT molecular complexity index is 750. The molecule has 132 valence electrons. The average molecular weight is 354 g/mol. The number of aromatic nitrogens is 2. The summed E-state index contributed by atoms with van der Waals surface area (Å²) in [4.78, 5) is 11.3. The van der Waals surface area contributed by atoms with Gasteiger partial charge in [0, 0.05) is 47.4 Å². The second kappa shape index (κ2) is 6.64. The van der Waals surface area contributed by atoms with Crippen LogP contribution in [0.3, 0.4) is 0 Å². The molecule has 0 bridgehead atoms. The molecule has 1 saturated carbocycles. The van der Waals surface area contributed by atoms with Gasteiger partial charge >= 0.3 is 0 Å². The molecule has 1 aliphatic heterocycles. The molecule has 1 aliphatic carbocycles. The van der Waals surface area contributed by atoms with Gasteiger partial charge in [0.25, 0.3) is 0 Å². The van der Waals surface area contributed by atoms with Gasteiger partial charge in [-0.2, -0.15) is 11.8 Å². The van der Waals surface area contributed by atoms with Gasteiger partial charge in [0.2, 0.25) is 0 Å². The highest BCUT2D eigenvalue weighted by Gasteiger charge is 2.34. The van der Waals surface area contributed by atoms with Gasteiger partial charge in [0.1, 0.15) is 5.82 Å². The summed E-state index contributed by atoms with van der Waals surface area (Å²) < 4.78 is 0. The largest absolute Gasteiger partial charge is 0.370 e. The molecule has 0 N–H and O–H groups in total. The highest BCUT2D eigenvalue weighted by atomic mass is 32.2. The summed E-state index contributed by atoms with van der Waals surface area (Å²) in [5, 5.41) is 0.968. The maximum Gasteiger partial charge on any atom is 0.125 e. The van der Waals surface area contributed by atoms with Gasteiger partial charge in [-0.15, -0.1) is 0 Å². The molecule has 1 aromatic heterocycles. The van der Waals surface area contributed by atoms with E-state index in [4.69, 9.17) is 0 Å². The fourth-order valence-corrected chi connectivity index (χ4v) is 4.77. The Kier molecular flexibility index (Phi) is 4.48. The van der Waals surface area contributed by atoms with Crippen LogP contribution in [0.5, 0.6) is 0 Å². The summed E-state index contributed by atoms with van der Waals surface area (Å²) in [7, 11) is 0. The van der Waals surface area contributed by atoms with Crippen molar-refractivity contribution in [2.24, 2.45) is 0 Å². The van der Waals surface area contributed by atoms with E-state index in [0.29, 0.717) is 0 Å². The third-order valence-electron chi connectivity index (χ3n) is 5.22. The van der Waals surface area contributed by atoms with E-state index in [1.807, 2.05) is 19.3 Å². The highest BCUT2D eigenvalue weighted by molar-refractivity contribution is 8.00. The number of hydrogen-bond donors (Lipinski definition) is 0. The number of nitrogens with zero attached hydrogens (tertiary/aromatic N) is 3. The zero-order chi connectivity index (χ0) is 17.4. The fraction of sp³-hybridized carbons (Fsp3) is 0.524. The van der Waals surface area contributed by atoms with Crippen molar-refractivity contribution in [2.45, 2.75) is 50.7 Å². The summed E-state index contributed by atoms with van der Waals surface area (Å²) in [5.74, 6) is 2.11. The average Bonchev–Trinajstić information content (AvgIpc) is 3.38. The van der Waals surface area contributed by atoms with Crippen molar-refractivity contribution in [3.63, 3.8) is 0 Å². The summed E-state index contributed by atoms with van der Waals surface area (Å²) >= 11 is 2.17. The molecular weight excluding hydrogens is 326 g/mol. The molecule has 4 heteroatoms. The second-order valence-electron chi connectivity index (χ2n) is 7.98. The molecule has 0 atom stereocenters. The van der Waals surface area contributed by atoms with E-state index in [1.54, 1.807) is 0 Å². The number of fused-ring (bicyclic) bond motifs is 1. The Morgan fingerprint density at radius 2 is 1.92 bits per heavy atom. The van der Waals surface area contributed by atoms with Crippen molar-refractivity contribution in [3.05, 3.63) is 42.0 Å². The first-order valence-corrected chi connectivity index (χ1v) is 10.4. The van der Waals surface area contributed by atoms with Crippen LogP contribution in [0.1, 0.15) is 44.5 Å². The molecule has 0 amide bonds. The zero-order valence-electron chi connectivity index (χ0n) is 15.5. The van der Waals surface area contributed by atoms with Crippen LogP contribution < -0.4 is 4.90 Å². The summed E-state index contributed by atoms with van der Waals surface area (Å²) in [6.07, 6.45) is 8.01. The lowest BCUT2D eigenvalue weighted by atomic mass is 9.86. The minimum Gasteiger partial charge on any atom is -0.370 e. The highest BCUT2D eigenvalue weighted by Crippen LogP contribution is 2.42. The van der Waals surface area contributed by atoms with Crippen LogP contribution in [0.4, 0.5) is 5.69 Å². The molecule has 3 nitrogen and oxygen atoms in total. The lowest BCUT2D eigenvalue weighted by Crippen LogP contribution is -2.29. The molecule has 0 unspecified atom stereocenters. The third-order valence-corrected chi connectivity index (χ3v) is 6.69. The van der Waals surface area contributed by atoms with Crippen molar-refractivity contribution in [3.8, 4) is 11.1 Å². The molecule has 0 spiro atoms. The van der Waals surface area contributed by atoms with E-state index in [9.17, 15) is 0 Å². The van der Waals surface area contributed by atoms with Crippen LogP contribution >= 0.6 is 11.8 Å². The maximum atomic E-state index is 4.35. The van der Waals surface area contributed by atoms with E-state index in [-0.39, 0.29) is 5.41 Å². The summed E-state index contributed by atoms with van der Waals surface area (Å²) in [6.45, 7) is 8.92. The SMILES string of the molecule is Cc1ncc(-c2ccc3c(c2)N(CCCSC2CC2)CC3(C)C)cn1. The Morgan fingerprint density at radius 1 is 1.16 bits per heavy atom. The molecule has 2 aliphatic rings. The molecule has 1 fully saturated rings. The first kappa shape index (κ1) is 16.9. The van der Waals surface area contributed by atoms with Gasteiger partial charge in [0.05, 0.1) is 0 Å². The molecular formula is C21H27N3S. The number of thioether (sulfide) groups is 1. The van der Waals surface area contributed by atoms with Crippen LogP contribution in [-0.2, 0) is 5.41 Å². The van der Waals surface area contributed by atoms with Gasteiger partial charge in [-0.05, 0) is 49.1 Å². The lowest BCUT2D eigenvalue weighted by molar-refractivity contribution is 0.549. The molecule has 1 aromatic carbocycles. The smallest absolute Gasteiger partial charge is 0.125 e. The minimum atomic E-state index is 0.223. The van der Waals surface area contributed by atoms with Crippen molar-refractivity contribution < 1.29 is 0 Å². The summed E-state index contributed by atoms with van der Waals surface area (Å²) in [6, 6.07) is 6.87. The maximum absolute atomic E-state index is 4.35. The van der Waals surface area contributed by atoms with Crippen molar-refractivity contribution in [2.75, 3.05) is 23.7 Å². The normalized spacial score (nSPS) is 18.4. The van der Waals surface area contributed by atoms with Gasteiger partial charge in [-0.25, -0.2) is 9.97 Å². The van der Waals surface area contributed by atoms with E-state index in [1.165, 1.54) is 41.8 Å². The van der Waals surface area contributed by atoms with Crippen LogP contribution in [0, 0.1) is 6.92 Å². The molecule has 0 radical (unpaired) electrons. The Labute approximate surface area is 155 Å². The minimum absolute atomic E-state index is 0.223. The summed E-state index contributed by atoms with van der Waals surface area (Å²) in [5.41, 5.74) is 5.41. The zero-order valence-corrected chi connectivity index (χ0v) is 16.3. The van der Waals surface area contributed by atoms with Gasteiger partial charge in [0.15, 0.2) is 0 Å². The van der Waals surface area contributed by atoms with E-state index >= 15 is 0 Å². The third kappa shape index (κ3) is 3.69. The molecule has 2 heterocycles. The standard InChI is InChI=1S/C21H27N3S/c1-15-22-12-17(13-23-15)16-5-8-19-20(11-16)24(14-21(19,2)3)9-4-10-25-18-6-7-18/h5,8,11-13,18H,4,6-7,9-10,14H2,1-3H3. The second-order valence-corrected chi connectivity index (χ2v) is 9.39. The number of rotatable bonds is 6. The molecule has 25 heavy (non-hydrogen) atoms.